The van der Waals surface area contributed by atoms with Gasteiger partial charge in [0.05, 0.1) is 0 Å². The molecule has 5 heteroatoms. The van der Waals surface area contributed by atoms with Crippen molar-refractivity contribution in [3.63, 3.8) is 0 Å². The third-order valence-corrected chi connectivity index (χ3v) is 3.93. The van der Waals surface area contributed by atoms with Gasteiger partial charge in [-0.25, -0.2) is 4.39 Å². The van der Waals surface area contributed by atoms with Gasteiger partial charge in [0.1, 0.15) is 11.5 Å². The molecule has 0 spiro atoms. The highest BCUT2D eigenvalue weighted by molar-refractivity contribution is 5.99. The molecule has 0 aliphatic heterocycles. The van der Waals surface area contributed by atoms with Gasteiger partial charge >= 0.3 is 0 Å². The molecule has 0 aliphatic carbocycles. The number of amides is 1. The van der Waals surface area contributed by atoms with Crippen molar-refractivity contribution in [3.05, 3.63) is 59.2 Å². The Kier molecular flexibility index (Phi) is 6.29. The molecule has 0 fully saturated rings. The van der Waals surface area contributed by atoms with E-state index in [0.717, 1.165) is 24.8 Å². The van der Waals surface area contributed by atoms with E-state index in [2.05, 4.69) is 11.9 Å². The molecule has 1 aromatic carbocycles. The molecular formula is C19H23FN2O2. The first-order valence-electron chi connectivity index (χ1n) is 8.24. The number of aromatic nitrogens is 1. The number of nitrogens with one attached hydrogen (secondary N) is 1. The fourth-order valence-corrected chi connectivity index (χ4v) is 2.51. The maximum Gasteiger partial charge on any atom is 0.270 e. The SMILES string of the molecule is CCCCCN(Cc1ccc(F)cc1)C(=O)c1cc(C(C)=O)c[nH]1. The Morgan fingerprint density at radius 2 is 1.88 bits per heavy atom. The summed E-state index contributed by atoms with van der Waals surface area (Å²) in [6, 6.07) is 7.75. The molecule has 0 radical (unpaired) electrons. The van der Waals surface area contributed by atoms with E-state index in [9.17, 15) is 14.0 Å². The Morgan fingerprint density at radius 3 is 2.46 bits per heavy atom. The predicted molar refractivity (Wildman–Crippen MR) is 91.5 cm³/mol. The quantitative estimate of drug-likeness (QED) is 0.583. The number of nitrogens with zero attached hydrogens (tertiary/aromatic N) is 1. The number of halogens is 1. The first-order chi connectivity index (χ1) is 11.5. The fourth-order valence-electron chi connectivity index (χ4n) is 2.51. The van der Waals surface area contributed by atoms with Crippen LogP contribution in [-0.2, 0) is 6.54 Å². The van der Waals surface area contributed by atoms with Gasteiger partial charge in [-0.15, -0.1) is 0 Å². The number of ketones is 1. The van der Waals surface area contributed by atoms with Crippen LogP contribution in [0.2, 0.25) is 0 Å². The van der Waals surface area contributed by atoms with Crippen molar-refractivity contribution in [2.45, 2.75) is 39.7 Å². The maximum absolute atomic E-state index is 13.1. The maximum atomic E-state index is 13.1. The van der Waals surface area contributed by atoms with Crippen LogP contribution in [0.25, 0.3) is 0 Å². The van der Waals surface area contributed by atoms with E-state index in [-0.39, 0.29) is 17.5 Å². The molecule has 128 valence electrons. The average Bonchev–Trinajstić information content (AvgIpc) is 3.05. The Balaban J connectivity index is 2.15. The van der Waals surface area contributed by atoms with E-state index < -0.39 is 0 Å². The fraction of sp³-hybridized carbons (Fsp3) is 0.368. The van der Waals surface area contributed by atoms with Crippen LogP contribution in [0.4, 0.5) is 4.39 Å². The van der Waals surface area contributed by atoms with E-state index in [4.69, 9.17) is 0 Å². The van der Waals surface area contributed by atoms with E-state index in [1.54, 1.807) is 29.3 Å². The van der Waals surface area contributed by atoms with Crippen LogP contribution in [0.15, 0.2) is 36.5 Å². The van der Waals surface area contributed by atoms with Crippen molar-refractivity contribution >= 4 is 11.7 Å². The molecule has 0 unspecified atom stereocenters. The summed E-state index contributed by atoms with van der Waals surface area (Å²) < 4.78 is 13.1. The molecule has 1 N–H and O–H groups in total. The number of unbranched alkanes of at least 4 members (excludes halogenated alkanes) is 2. The van der Waals surface area contributed by atoms with Gasteiger partial charge in [0, 0.05) is 24.8 Å². The number of Topliss-reactive ketones (excluding diaryl/α,β-unsaturated/α-hetero) is 1. The molecule has 0 saturated heterocycles. The molecule has 0 atom stereocenters. The molecule has 1 aromatic heterocycles. The number of hydrogen-bond donors (Lipinski definition) is 1. The van der Waals surface area contributed by atoms with Crippen molar-refractivity contribution in [3.8, 4) is 0 Å². The summed E-state index contributed by atoms with van der Waals surface area (Å²) in [7, 11) is 0. The van der Waals surface area contributed by atoms with Gasteiger partial charge in [-0.1, -0.05) is 31.9 Å². The lowest BCUT2D eigenvalue weighted by Gasteiger charge is -2.22. The number of H-pyrrole nitrogens is 1. The second-order valence-corrected chi connectivity index (χ2v) is 5.92. The summed E-state index contributed by atoms with van der Waals surface area (Å²) in [4.78, 5) is 28.8. The summed E-state index contributed by atoms with van der Waals surface area (Å²) in [6.07, 6.45) is 4.56. The highest BCUT2D eigenvalue weighted by Gasteiger charge is 2.18. The molecule has 24 heavy (non-hydrogen) atoms. The highest BCUT2D eigenvalue weighted by Crippen LogP contribution is 2.13. The summed E-state index contributed by atoms with van der Waals surface area (Å²) in [5, 5.41) is 0. The molecule has 1 amide bonds. The van der Waals surface area contributed by atoms with Crippen molar-refractivity contribution in [2.24, 2.45) is 0 Å². The lowest BCUT2D eigenvalue weighted by molar-refractivity contribution is 0.0735. The van der Waals surface area contributed by atoms with Crippen LogP contribution < -0.4 is 0 Å². The van der Waals surface area contributed by atoms with Crippen molar-refractivity contribution in [1.29, 1.82) is 0 Å². The van der Waals surface area contributed by atoms with Gasteiger partial charge in [0.25, 0.3) is 5.91 Å². The third kappa shape index (κ3) is 4.78. The number of rotatable bonds is 8. The zero-order valence-electron chi connectivity index (χ0n) is 14.1. The minimum absolute atomic E-state index is 0.0821. The number of carbonyl (C=O) groups is 2. The Morgan fingerprint density at radius 1 is 1.17 bits per heavy atom. The molecular weight excluding hydrogens is 307 g/mol. The number of hydrogen-bond acceptors (Lipinski definition) is 2. The zero-order valence-corrected chi connectivity index (χ0v) is 14.1. The topological polar surface area (TPSA) is 53.2 Å². The smallest absolute Gasteiger partial charge is 0.270 e. The summed E-state index contributed by atoms with van der Waals surface area (Å²) in [5.41, 5.74) is 1.77. The third-order valence-electron chi connectivity index (χ3n) is 3.93. The lowest BCUT2D eigenvalue weighted by Crippen LogP contribution is -2.31. The van der Waals surface area contributed by atoms with Crippen LogP contribution in [0.5, 0.6) is 0 Å². The first-order valence-corrected chi connectivity index (χ1v) is 8.24. The van der Waals surface area contributed by atoms with Crippen LogP contribution in [0.1, 0.15) is 59.5 Å². The van der Waals surface area contributed by atoms with E-state index in [0.29, 0.717) is 24.3 Å². The van der Waals surface area contributed by atoms with Gasteiger partial charge in [-0.3, -0.25) is 9.59 Å². The molecule has 2 aromatic rings. The van der Waals surface area contributed by atoms with Crippen molar-refractivity contribution in [2.75, 3.05) is 6.54 Å². The van der Waals surface area contributed by atoms with Crippen LogP contribution in [0.3, 0.4) is 0 Å². The van der Waals surface area contributed by atoms with Gasteiger partial charge in [-0.05, 0) is 37.1 Å². The van der Waals surface area contributed by atoms with Crippen LogP contribution in [0, 0.1) is 5.82 Å². The second-order valence-electron chi connectivity index (χ2n) is 5.92. The van der Waals surface area contributed by atoms with E-state index in [1.165, 1.54) is 19.1 Å². The molecule has 0 saturated carbocycles. The van der Waals surface area contributed by atoms with Crippen LogP contribution in [-0.4, -0.2) is 28.1 Å². The molecule has 2 rings (SSSR count). The van der Waals surface area contributed by atoms with Gasteiger partial charge in [-0.2, -0.15) is 0 Å². The minimum Gasteiger partial charge on any atom is -0.356 e. The van der Waals surface area contributed by atoms with E-state index >= 15 is 0 Å². The Labute approximate surface area is 141 Å². The Bertz CT molecular complexity index is 692. The van der Waals surface area contributed by atoms with Gasteiger partial charge in [0.2, 0.25) is 0 Å². The van der Waals surface area contributed by atoms with E-state index in [1.807, 2.05) is 0 Å². The molecule has 0 aliphatic rings. The summed E-state index contributed by atoms with van der Waals surface area (Å²) in [6.45, 7) is 4.61. The predicted octanol–water partition coefficient (Wildman–Crippen LogP) is 4.19. The molecule has 1 heterocycles. The van der Waals surface area contributed by atoms with Crippen molar-refractivity contribution < 1.29 is 14.0 Å². The first kappa shape index (κ1) is 17.9. The Hall–Kier alpha value is -2.43. The normalized spacial score (nSPS) is 10.6. The van der Waals surface area contributed by atoms with Gasteiger partial charge < -0.3 is 9.88 Å². The van der Waals surface area contributed by atoms with Crippen molar-refractivity contribution in [1.82, 2.24) is 9.88 Å². The standard InChI is InChI=1S/C19H23FN2O2/c1-3-4-5-10-22(13-15-6-8-17(20)9-7-15)19(24)18-11-16(12-21-18)14(2)23/h6-9,11-12,21H,3-5,10,13H2,1-2H3. The highest BCUT2D eigenvalue weighted by atomic mass is 19.1. The average molecular weight is 330 g/mol. The van der Waals surface area contributed by atoms with Crippen LogP contribution >= 0.6 is 0 Å². The summed E-state index contributed by atoms with van der Waals surface area (Å²) >= 11 is 0. The second kappa shape index (κ2) is 8.43. The van der Waals surface area contributed by atoms with Gasteiger partial charge in [0.15, 0.2) is 5.78 Å². The largest absolute Gasteiger partial charge is 0.356 e. The minimum atomic E-state index is -0.293. The summed E-state index contributed by atoms with van der Waals surface area (Å²) in [5.74, 6) is -0.526. The monoisotopic (exact) mass is 330 g/mol. The lowest BCUT2D eigenvalue weighted by atomic mass is 10.1. The molecule has 0 bridgehead atoms. The zero-order chi connectivity index (χ0) is 17.5. The number of aromatic amines is 1. The number of carbonyl (C=O) groups excluding carboxylic acids is 2. The molecule has 4 nitrogen and oxygen atoms in total. The number of benzene rings is 1.